The van der Waals surface area contributed by atoms with Crippen LogP contribution in [-0.4, -0.2) is 10.9 Å². The van der Waals surface area contributed by atoms with Crippen LogP contribution in [0.15, 0.2) is 48.5 Å². The molecule has 3 aromatic rings. The molecular weight excluding hydrogens is 328 g/mol. The smallest absolute Gasteiger partial charge is 0.257 e. The van der Waals surface area contributed by atoms with Crippen LogP contribution in [0.2, 0.25) is 5.02 Å². The van der Waals surface area contributed by atoms with E-state index in [2.05, 4.69) is 28.5 Å². The molecule has 3 nitrogen and oxygen atoms in total. The molecule has 4 rings (SSSR count). The fourth-order valence-corrected chi connectivity index (χ4v) is 3.96. The third-order valence-electron chi connectivity index (χ3n) is 3.90. The summed E-state index contributed by atoms with van der Waals surface area (Å²) < 4.78 is 0. The third kappa shape index (κ3) is 2.76. The molecule has 0 aliphatic heterocycles. The van der Waals surface area contributed by atoms with Crippen molar-refractivity contribution >= 4 is 34.0 Å². The van der Waals surface area contributed by atoms with Crippen molar-refractivity contribution < 1.29 is 4.79 Å². The van der Waals surface area contributed by atoms with Gasteiger partial charge in [-0.25, -0.2) is 4.98 Å². The van der Waals surface area contributed by atoms with E-state index < -0.39 is 0 Å². The van der Waals surface area contributed by atoms with Gasteiger partial charge in [0.05, 0.1) is 5.69 Å². The molecular formula is C18H13ClN2OS. The number of carbonyl (C=O) groups is 1. The number of hydrogen-bond acceptors (Lipinski definition) is 3. The number of aryl methyl sites for hydroxylation is 2. The minimum atomic E-state index is -0.188. The molecule has 0 saturated heterocycles. The maximum atomic E-state index is 12.3. The number of nitrogens with one attached hydrogen (secondary N) is 1. The van der Waals surface area contributed by atoms with E-state index in [0.717, 1.165) is 18.5 Å². The minimum Gasteiger partial charge on any atom is -0.298 e. The predicted molar refractivity (Wildman–Crippen MR) is 94.4 cm³/mol. The maximum absolute atomic E-state index is 12.3. The minimum absolute atomic E-state index is 0.188. The van der Waals surface area contributed by atoms with Crippen LogP contribution in [0.3, 0.4) is 0 Å². The molecule has 1 aromatic heterocycles. The lowest BCUT2D eigenvalue weighted by molar-refractivity contribution is 0.102. The molecule has 0 radical (unpaired) electrons. The van der Waals surface area contributed by atoms with Crippen molar-refractivity contribution in [2.45, 2.75) is 12.8 Å². The first-order valence-electron chi connectivity index (χ1n) is 7.35. The molecule has 0 bridgehead atoms. The third-order valence-corrected chi connectivity index (χ3v) is 5.16. The highest BCUT2D eigenvalue weighted by molar-refractivity contribution is 7.16. The zero-order valence-electron chi connectivity index (χ0n) is 12.2. The average Bonchev–Trinajstić information content (AvgIpc) is 2.97. The number of aromatic nitrogens is 1. The van der Waals surface area contributed by atoms with Crippen molar-refractivity contribution in [3.63, 3.8) is 0 Å². The number of benzene rings is 2. The van der Waals surface area contributed by atoms with Crippen LogP contribution in [0.5, 0.6) is 0 Å². The number of amides is 1. The van der Waals surface area contributed by atoms with Crippen molar-refractivity contribution in [2.24, 2.45) is 0 Å². The summed E-state index contributed by atoms with van der Waals surface area (Å²) in [5.41, 5.74) is 4.02. The second-order valence-corrected chi connectivity index (χ2v) is 6.93. The number of nitrogens with zero attached hydrogens (tertiary/aromatic N) is 1. The number of fused-ring (bicyclic) bond motifs is 3. The Morgan fingerprint density at radius 1 is 1.13 bits per heavy atom. The van der Waals surface area contributed by atoms with Crippen LogP contribution < -0.4 is 5.32 Å². The number of thiazole rings is 1. The number of hydrogen-bond donors (Lipinski definition) is 1. The van der Waals surface area contributed by atoms with Gasteiger partial charge < -0.3 is 0 Å². The Kier molecular flexibility index (Phi) is 3.63. The highest BCUT2D eigenvalue weighted by Gasteiger charge is 2.21. The molecule has 114 valence electrons. The number of anilines is 1. The van der Waals surface area contributed by atoms with E-state index in [-0.39, 0.29) is 5.91 Å². The molecule has 1 amide bonds. The molecule has 0 fully saturated rings. The molecule has 5 heteroatoms. The van der Waals surface area contributed by atoms with Gasteiger partial charge in [0.1, 0.15) is 0 Å². The van der Waals surface area contributed by atoms with E-state index in [1.807, 2.05) is 6.07 Å². The Hall–Kier alpha value is -2.17. The highest BCUT2D eigenvalue weighted by atomic mass is 35.5. The quantitative estimate of drug-likeness (QED) is 0.727. The van der Waals surface area contributed by atoms with E-state index >= 15 is 0 Å². The van der Waals surface area contributed by atoms with Crippen molar-refractivity contribution in [1.29, 1.82) is 0 Å². The van der Waals surface area contributed by atoms with Crippen LogP contribution in [0.1, 0.15) is 20.8 Å². The first-order chi connectivity index (χ1) is 11.2. The lowest BCUT2D eigenvalue weighted by Crippen LogP contribution is -2.11. The molecule has 2 aromatic carbocycles. The molecule has 1 aliphatic rings. The number of halogens is 1. The van der Waals surface area contributed by atoms with Gasteiger partial charge in [-0.2, -0.15) is 0 Å². The largest absolute Gasteiger partial charge is 0.298 e. The summed E-state index contributed by atoms with van der Waals surface area (Å²) in [5, 5.41) is 4.07. The molecule has 0 saturated carbocycles. The van der Waals surface area contributed by atoms with Crippen molar-refractivity contribution in [3.05, 3.63) is 69.6 Å². The summed E-state index contributed by atoms with van der Waals surface area (Å²) in [6, 6.07) is 15.2. The zero-order chi connectivity index (χ0) is 15.8. The van der Waals surface area contributed by atoms with Crippen LogP contribution in [0.25, 0.3) is 11.3 Å². The fraction of sp³-hybridized carbons (Fsp3) is 0.111. The molecule has 1 N–H and O–H groups in total. The van der Waals surface area contributed by atoms with E-state index in [0.29, 0.717) is 15.7 Å². The Balaban J connectivity index is 1.63. The number of rotatable bonds is 2. The van der Waals surface area contributed by atoms with Gasteiger partial charge in [-0.1, -0.05) is 41.9 Å². The van der Waals surface area contributed by atoms with Crippen LogP contribution >= 0.6 is 22.9 Å². The first kappa shape index (κ1) is 14.4. The van der Waals surface area contributed by atoms with Gasteiger partial charge in [0.25, 0.3) is 5.91 Å². The van der Waals surface area contributed by atoms with Crippen molar-refractivity contribution in [1.82, 2.24) is 4.98 Å². The van der Waals surface area contributed by atoms with Crippen LogP contribution in [-0.2, 0) is 12.8 Å². The van der Waals surface area contributed by atoms with Gasteiger partial charge in [0, 0.05) is 21.0 Å². The van der Waals surface area contributed by atoms with Gasteiger partial charge in [-0.3, -0.25) is 10.1 Å². The summed E-state index contributed by atoms with van der Waals surface area (Å²) in [6.07, 6.45) is 1.99. The fourth-order valence-electron chi connectivity index (χ4n) is 2.80. The monoisotopic (exact) mass is 340 g/mol. The second-order valence-electron chi connectivity index (χ2n) is 5.41. The van der Waals surface area contributed by atoms with Gasteiger partial charge in [0.2, 0.25) is 0 Å². The van der Waals surface area contributed by atoms with Crippen molar-refractivity contribution in [2.75, 3.05) is 5.32 Å². The molecule has 23 heavy (non-hydrogen) atoms. The Morgan fingerprint density at radius 3 is 2.87 bits per heavy atom. The summed E-state index contributed by atoms with van der Waals surface area (Å²) in [5.74, 6) is -0.188. The highest BCUT2D eigenvalue weighted by Crippen LogP contribution is 2.38. The first-order valence-corrected chi connectivity index (χ1v) is 8.55. The molecule has 0 spiro atoms. The van der Waals surface area contributed by atoms with Gasteiger partial charge in [-0.05, 0) is 36.6 Å². The second kappa shape index (κ2) is 5.80. The average molecular weight is 341 g/mol. The summed E-state index contributed by atoms with van der Waals surface area (Å²) in [6.45, 7) is 0. The number of carbonyl (C=O) groups excluding carboxylic acids is 1. The Labute approximate surface area is 143 Å². The Morgan fingerprint density at radius 2 is 2.00 bits per heavy atom. The molecule has 0 unspecified atom stereocenters. The van der Waals surface area contributed by atoms with E-state index in [1.54, 1.807) is 35.6 Å². The Bertz CT molecular complexity index is 904. The zero-order valence-corrected chi connectivity index (χ0v) is 13.7. The molecule has 0 atom stereocenters. The van der Waals surface area contributed by atoms with E-state index in [1.165, 1.54) is 16.0 Å². The molecule has 1 heterocycles. The lowest BCUT2D eigenvalue weighted by atomic mass is 9.94. The topological polar surface area (TPSA) is 42.0 Å². The van der Waals surface area contributed by atoms with E-state index in [4.69, 9.17) is 11.6 Å². The summed E-state index contributed by atoms with van der Waals surface area (Å²) in [7, 11) is 0. The van der Waals surface area contributed by atoms with Gasteiger partial charge in [0.15, 0.2) is 5.13 Å². The summed E-state index contributed by atoms with van der Waals surface area (Å²) in [4.78, 5) is 18.2. The van der Waals surface area contributed by atoms with Crippen LogP contribution in [0.4, 0.5) is 5.13 Å². The maximum Gasteiger partial charge on any atom is 0.257 e. The van der Waals surface area contributed by atoms with Crippen LogP contribution in [0, 0.1) is 0 Å². The van der Waals surface area contributed by atoms with Crippen molar-refractivity contribution in [3.8, 4) is 11.3 Å². The standard InChI is InChI=1S/C18H13ClN2OS/c19-13-6-3-5-12(10-13)17(22)21-18-20-16-14-7-2-1-4-11(14)8-9-15(16)23-18/h1-7,10H,8-9H2,(H,20,21,22). The van der Waals surface area contributed by atoms with E-state index in [9.17, 15) is 4.79 Å². The van der Waals surface area contributed by atoms with Gasteiger partial charge >= 0.3 is 0 Å². The van der Waals surface area contributed by atoms with Gasteiger partial charge in [-0.15, -0.1) is 11.3 Å². The summed E-state index contributed by atoms with van der Waals surface area (Å²) >= 11 is 7.49. The lowest BCUT2D eigenvalue weighted by Gasteiger charge is -2.13. The predicted octanol–water partition coefficient (Wildman–Crippen LogP) is 4.81. The molecule has 1 aliphatic carbocycles. The SMILES string of the molecule is O=C(Nc1nc2c(s1)CCc1ccccc1-2)c1cccc(Cl)c1. The normalized spacial score (nSPS) is 12.4.